The van der Waals surface area contributed by atoms with Gasteiger partial charge in [-0.3, -0.25) is 9.59 Å². The van der Waals surface area contributed by atoms with Crippen LogP contribution in [-0.2, 0) is 9.59 Å². The molecule has 0 radical (unpaired) electrons. The van der Waals surface area contributed by atoms with Gasteiger partial charge < -0.3 is 10.6 Å². The van der Waals surface area contributed by atoms with Crippen LogP contribution in [0.4, 0.5) is 0 Å². The van der Waals surface area contributed by atoms with Gasteiger partial charge >= 0.3 is 0 Å². The third kappa shape index (κ3) is 3.55. The molecule has 2 aliphatic rings. The van der Waals surface area contributed by atoms with Gasteiger partial charge in [0.05, 0.1) is 12.6 Å². The molecule has 0 aromatic carbocycles. The third-order valence-corrected chi connectivity index (χ3v) is 4.93. The summed E-state index contributed by atoms with van der Waals surface area (Å²) in [5.74, 6) is -0.644. The van der Waals surface area contributed by atoms with Gasteiger partial charge in [-0.05, 0) is 25.7 Å². The standard InChI is InChI=1S/C16H25N3O2/c17-12-16(9-5-1-2-6-10-16)15(21)19(11-14(18)20)13-7-3-4-8-13/h13H,1-11H2,(H2,18,20). The Balaban J connectivity index is 2.21. The zero-order valence-electron chi connectivity index (χ0n) is 12.6. The number of hydrogen-bond donors (Lipinski definition) is 1. The minimum Gasteiger partial charge on any atom is -0.368 e. The molecule has 0 spiro atoms. The average Bonchev–Trinajstić information content (AvgIpc) is 2.88. The van der Waals surface area contributed by atoms with Crippen molar-refractivity contribution in [3.05, 3.63) is 0 Å². The number of rotatable bonds is 4. The second-order valence-corrected chi connectivity index (χ2v) is 6.45. The number of primary amides is 1. The highest BCUT2D eigenvalue weighted by Crippen LogP contribution is 2.38. The minimum atomic E-state index is -0.936. The normalized spacial score (nSPS) is 22.2. The highest BCUT2D eigenvalue weighted by atomic mass is 16.2. The van der Waals surface area contributed by atoms with Crippen LogP contribution in [-0.4, -0.2) is 29.3 Å². The summed E-state index contributed by atoms with van der Waals surface area (Å²) < 4.78 is 0. The first-order valence-electron chi connectivity index (χ1n) is 8.10. The van der Waals surface area contributed by atoms with Crippen LogP contribution < -0.4 is 5.73 Å². The number of nitrogens with zero attached hydrogens (tertiary/aromatic N) is 2. The molecular weight excluding hydrogens is 266 g/mol. The highest BCUT2D eigenvalue weighted by molar-refractivity contribution is 5.89. The molecule has 0 aliphatic heterocycles. The Bertz CT molecular complexity index is 427. The Morgan fingerprint density at radius 2 is 1.67 bits per heavy atom. The van der Waals surface area contributed by atoms with Gasteiger partial charge in [0.1, 0.15) is 5.41 Å². The Hall–Kier alpha value is -1.57. The summed E-state index contributed by atoms with van der Waals surface area (Å²) in [5.41, 5.74) is 4.39. The van der Waals surface area contributed by atoms with Crippen molar-refractivity contribution in [2.24, 2.45) is 11.1 Å². The maximum absolute atomic E-state index is 13.0. The summed E-state index contributed by atoms with van der Waals surface area (Å²) in [7, 11) is 0. The quantitative estimate of drug-likeness (QED) is 0.805. The van der Waals surface area contributed by atoms with Gasteiger partial charge in [0.25, 0.3) is 0 Å². The topological polar surface area (TPSA) is 87.2 Å². The van der Waals surface area contributed by atoms with E-state index in [0.717, 1.165) is 51.4 Å². The Morgan fingerprint density at radius 3 is 2.14 bits per heavy atom. The van der Waals surface area contributed by atoms with Gasteiger partial charge in [-0.25, -0.2) is 0 Å². The molecule has 5 nitrogen and oxygen atoms in total. The van der Waals surface area contributed by atoms with Crippen molar-refractivity contribution in [2.45, 2.75) is 70.3 Å². The van der Waals surface area contributed by atoms with Crippen LogP contribution in [0.5, 0.6) is 0 Å². The fourth-order valence-electron chi connectivity index (χ4n) is 3.73. The molecule has 0 unspecified atom stereocenters. The highest BCUT2D eigenvalue weighted by Gasteiger charge is 2.44. The van der Waals surface area contributed by atoms with Crippen LogP contribution in [0, 0.1) is 16.7 Å². The first-order chi connectivity index (χ1) is 10.1. The van der Waals surface area contributed by atoms with Gasteiger partial charge in [-0.15, -0.1) is 0 Å². The molecule has 2 N–H and O–H groups in total. The van der Waals surface area contributed by atoms with E-state index in [2.05, 4.69) is 6.07 Å². The number of carbonyl (C=O) groups excluding carboxylic acids is 2. The van der Waals surface area contributed by atoms with E-state index in [0.29, 0.717) is 12.8 Å². The third-order valence-electron chi connectivity index (χ3n) is 4.93. The molecule has 21 heavy (non-hydrogen) atoms. The monoisotopic (exact) mass is 291 g/mol. The second-order valence-electron chi connectivity index (χ2n) is 6.45. The lowest BCUT2D eigenvalue weighted by atomic mass is 9.80. The fraction of sp³-hybridized carbons (Fsp3) is 0.812. The van der Waals surface area contributed by atoms with Crippen LogP contribution in [0.2, 0.25) is 0 Å². The van der Waals surface area contributed by atoms with E-state index in [-0.39, 0.29) is 18.5 Å². The Labute approximate surface area is 126 Å². The van der Waals surface area contributed by atoms with E-state index >= 15 is 0 Å². The van der Waals surface area contributed by atoms with Crippen molar-refractivity contribution in [2.75, 3.05) is 6.54 Å². The van der Waals surface area contributed by atoms with Gasteiger partial charge in [-0.1, -0.05) is 38.5 Å². The van der Waals surface area contributed by atoms with Gasteiger partial charge in [-0.2, -0.15) is 5.26 Å². The molecule has 0 aromatic rings. The molecular formula is C16H25N3O2. The van der Waals surface area contributed by atoms with Gasteiger partial charge in [0.2, 0.25) is 11.8 Å². The second kappa shape index (κ2) is 6.93. The molecule has 5 heteroatoms. The van der Waals surface area contributed by atoms with Crippen molar-refractivity contribution in [1.82, 2.24) is 4.90 Å². The van der Waals surface area contributed by atoms with Crippen LogP contribution in [0.15, 0.2) is 0 Å². The first-order valence-corrected chi connectivity index (χ1v) is 8.10. The van der Waals surface area contributed by atoms with Crippen molar-refractivity contribution in [3.63, 3.8) is 0 Å². The van der Waals surface area contributed by atoms with E-state index in [1.807, 2.05) is 0 Å². The van der Waals surface area contributed by atoms with E-state index < -0.39 is 11.3 Å². The predicted molar refractivity (Wildman–Crippen MR) is 78.9 cm³/mol. The lowest BCUT2D eigenvalue weighted by Crippen LogP contribution is -2.50. The first kappa shape index (κ1) is 15.8. The smallest absolute Gasteiger partial charge is 0.243 e. The molecule has 2 fully saturated rings. The van der Waals surface area contributed by atoms with E-state index in [9.17, 15) is 14.9 Å². The molecule has 2 aliphatic carbocycles. The molecule has 0 heterocycles. The van der Waals surface area contributed by atoms with Gasteiger partial charge in [0.15, 0.2) is 0 Å². The van der Waals surface area contributed by atoms with Crippen molar-refractivity contribution >= 4 is 11.8 Å². The fourth-order valence-corrected chi connectivity index (χ4v) is 3.73. The van der Waals surface area contributed by atoms with Crippen LogP contribution in [0.1, 0.15) is 64.2 Å². The number of amides is 2. The van der Waals surface area contributed by atoms with E-state index in [1.165, 1.54) is 0 Å². The number of carbonyl (C=O) groups is 2. The zero-order chi connectivity index (χ0) is 15.3. The summed E-state index contributed by atoms with van der Waals surface area (Å²) in [6.07, 6.45) is 9.20. The van der Waals surface area contributed by atoms with E-state index in [1.54, 1.807) is 4.90 Å². The van der Waals surface area contributed by atoms with Crippen molar-refractivity contribution in [3.8, 4) is 6.07 Å². The van der Waals surface area contributed by atoms with Gasteiger partial charge in [0, 0.05) is 6.04 Å². The van der Waals surface area contributed by atoms with Crippen LogP contribution in [0.3, 0.4) is 0 Å². The summed E-state index contributed by atoms with van der Waals surface area (Å²) in [6, 6.07) is 2.37. The lowest BCUT2D eigenvalue weighted by Gasteiger charge is -2.35. The van der Waals surface area contributed by atoms with E-state index in [4.69, 9.17) is 5.73 Å². The summed E-state index contributed by atoms with van der Waals surface area (Å²) in [6.45, 7) is -0.0487. The Morgan fingerprint density at radius 1 is 1.10 bits per heavy atom. The molecule has 116 valence electrons. The van der Waals surface area contributed by atoms with Crippen molar-refractivity contribution in [1.29, 1.82) is 5.26 Å². The molecule has 2 rings (SSSR count). The van der Waals surface area contributed by atoms with Crippen LogP contribution >= 0.6 is 0 Å². The molecule has 2 amide bonds. The molecule has 0 bridgehead atoms. The van der Waals surface area contributed by atoms with Crippen LogP contribution in [0.25, 0.3) is 0 Å². The minimum absolute atomic E-state index is 0.0487. The number of hydrogen-bond acceptors (Lipinski definition) is 3. The summed E-state index contributed by atoms with van der Waals surface area (Å²) in [5, 5.41) is 9.65. The van der Waals surface area contributed by atoms with Crippen molar-refractivity contribution < 1.29 is 9.59 Å². The number of nitrogens with two attached hydrogens (primary N) is 1. The summed E-state index contributed by atoms with van der Waals surface area (Å²) >= 11 is 0. The number of nitriles is 1. The zero-order valence-corrected chi connectivity index (χ0v) is 12.6. The lowest BCUT2D eigenvalue weighted by molar-refractivity contribution is -0.144. The molecule has 0 saturated heterocycles. The summed E-state index contributed by atoms with van der Waals surface area (Å²) in [4.78, 5) is 26.0. The Kier molecular flexibility index (Phi) is 5.22. The SMILES string of the molecule is N#CC1(C(=O)N(CC(N)=O)C2CCCC2)CCCCCC1. The molecule has 0 atom stereocenters. The molecule has 0 aromatic heterocycles. The largest absolute Gasteiger partial charge is 0.368 e. The predicted octanol–water partition coefficient (Wildman–Crippen LogP) is 2.11. The average molecular weight is 291 g/mol. The maximum atomic E-state index is 13.0. The molecule has 2 saturated carbocycles. The maximum Gasteiger partial charge on any atom is 0.243 e.